The van der Waals surface area contributed by atoms with Crippen molar-refractivity contribution in [1.29, 1.82) is 0 Å². The highest BCUT2D eigenvalue weighted by atomic mass is 16.5. The fraction of sp³-hybridized carbons (Fsp3) is 0.333. The minimum Gasteiger partial charge on any atom is -0.619 e. The van der Waals surface area contributed by atoms with Crippen LogP contribution in [0.4, 0.5) is 11.4 Å². The minimum absolute atomic E-state index is 0.0551. The van der Waals surface area contributed by atoms with Crippen LogP contribution in [0.5, 0.6) is 0 Å². The molecule has 0 saturated carbocycles. The van der Waals surface area contributed by atoms with Crippen molar-refractivity contribution in [3.05, 3.63) is 33.9 Å². The molecule has 0 bridgehead atoms. The number of nitroso groups, excluding NO2 is 1. The standard InChI is InChI=1S/C12H13N3O3/c1-14(18)11-7-9(6-10(8-11)13-17)12(16)15-4-2-3-5-15/h6-8H,1-5H2. The van der Waals surface area contributed by atoms with Gasteiger partial charge in [0, 0.05) is 30.8 Å². The Morgan fingerprint density at radius 2 is 2.00 bits per heavy atom. The van der Waals surface area contributed by atoms with Crippen LogP contribution in [0.2, 0.25) is 0 Å². The Labute approximate surface area is 104 Å². The van der Waals surface area contributed by atoms with E-state index in [-0.39, 0.29) is 17.3 Å². The van der Waals surface area contributed by atoms with Gasteiger partial charge < -0.3 is 10.1 Å². The Balaban J connectivity index is 2.36. The molecule has 6 nitrogen and oxygen atoms in total. The highest BCUT2D eigenvalue weighted by molar-refractivity contribution is 5.96. The predicted octanol–water partition coefficient (Wildman–Crippen LogP) is 2.16. The van der Waals surface area contributed by atoms with Crippen molar-refractivity contribution in [1.82, 2.24) is 4.90 Å². The second-order valence-electron chi connectivity index (χ2n) is 4.21. The van der Waals surface area contributed by atoms with E-state index in [2.05, 4.69) is 11.9 Å². The Bertz CT molecular complexity index is 507. The first-order chi connectivity index (χ1) is 8.61. The molecule has 0 N–H and O–H groups in total. The zero-order chi connectivity index (χ0) is 13.1. The van der Waals surface area contributed by atoms with Crippen LogP contribution in [0.15, 0.2) is 23.4 Å². The second kappa shape index (κ2) is 4.95. The molecule has 94 valence electrons. The summed E-state index contributed by atoms with van der Waals surface area (Å²) in [6.07, 6.45) is 1.96. The molecule has 0 unspecified atom stereocenters. The van der Waals surface area contributed by atoms with Crippen LogP contribution in [0.1, 0.15) is 23.2 Å². The van der Waals surface area contributed by atoms with Crippen LogP contribution >= 0.6 is 0 Å². The number of benzene rings is 1. The maximum absolute atomic E-state index is 12.1. The molecule has 6 heteroatoms. The average Bonchev–Trinajstić information content (AvgIpc) is 2.91. The molecule has 1 aromatic carbocycles. The molecule has 0 radical (unpaired) electrons. The van der Waals surface area contributed by atoms with Gasteiger partial charge in [0.1, 0.15) is 12.4 Å². The van der Waals surface area contributed by atoms with E-state index < -0.39 is 0 Å². The number of carbonyl (C=O) groups is 1. The van der Waals surface area contributed by atoms with E-state index in [1.165, 1.54) is 18.2 Å². The van der Waals surface area contributed by atoms with Gasteiger partial charge >= 0.3 is 0 Å². The zero-order valence-electron chi connectivity index (χ0n) is 9.83. The Morgan fingerprint density at radius 1 is 1.33 bits per heavy atom. The highest BCUT2D eigenvalue weighted by Crippen LogP contribution is 2.24. The van der Waals surface area contributed by atoms with Crippen molar-refractivity contribution in [3.8, 4) is 0 Å². The number of nitrogens with zero attached hydrogens (tertiary/aromatic N) is 3. The summed E-state index contributed by atoms with van der Waals surface area (Å²) in [4.78, 5) is 24.4. The van der Waals surface area contributed by atoms with Crippen LogP contribution in [0.25, 0.3) is 0 Å². The number of carbonyl (C=O) groups excluding carboxylic acids is 1. The van der Waals surface area contributed by atoms with Gasteiger partial charge in [0.15, 0.2) is 0 Å². The lowest BCUT2D eigenvalue weighted by molar-refractivity contribution is -0.349. The lowest BCUT2D eigenvalue weighted by Gasteiger charge is -2.15. The Morgan fingerprint density at radius 3 is 2.56 bits per heavy atom. The van der Waals surface area contributed by atoms with E-state index in [9.17, 15) is 14.9 Å². The molecule has 1 aliphatic rings. The van der Waals surface area contributed by atoms with Crippen LogP contribution < -0.4 is 0 Å². The SMILES string of the molecule is C=[N+]([O-])c1cc(N=O)cc(C(=O)N2CCCC2)c1. The molecule has 1 saturated heterocycles. The first-order valence-corrected chi connectivity index (χ1v) is 5.67. The van der Waals surface area contributed by atoms with Gasteiger partial charge in [-0.1, -0.05) is 0 Å². The summed E-state index contributed by atoms with van der Waals surface area (Å²) in [5.74, 6) is -0.180. The Hall–Kier alpha value is -2.24. The molecule has 0 aliphatic carbocycles. The van der Waals surface area contributed by atoms with E-state index in [0.29, 0.717) is 23.4 Å². The molecule has 1 amide bonds. The summed E-state index contributed by atoms with van der Waals surface area (Å²) >= 11 is 0. The van der Waals surface area contributed by atoms with Gasteiger partial charge in [-0.2, -0.15) is 4.74 Å². The topological polar surface area (TPSA) is 75.8 Å². The van der Waals surface area contributed by atoms with Crippen LogP contribution in [-0.4, -0.2) is 35.4 Å². The number of hydrogen-bond acceptors (Lipinski definition) is 4. The van der Waals surface area contributed by atoms with E-state index in [1.54, 1.807) is 4.90 Å². The van der Waals surface area contributed by atoms with Gasteiger partial charge in [-0.15, -0.1) is 4.91 Å². The monoisotopic (exact) mass is 247 g/mol. The number of hydrogen-bond donors (Lipinski definition) is 0. The fourth-order valence-electron chi connectivity index (χ4n) is 2.02. The molecule has 0 atom stereocenters. The lowest BCUT2D eigenvalue weighted by atomic mass is 10.1. The number of amides is 1. The van der Waals surface area contributed by atoms with E-state index >= 15 is 0 Å². The molecule has 1 aromatic rings. The molecule has 1 aliphatic heterocycles. The van der Waals surface area contributed by atoms with Gasteiger partial charge in [-0.3, -0.25) is 4.79 Å². The van der Waals surface area contributed by atoms with Crippen molar-refractivity contribution in [3.63, 3.8) is 0 Å². The molecule has 1 heterocycles. The second-order valence-corrected chi connectivity index (χ2v) is 4.21. The summed E-state index contributed by atoms with van der Waals surface area (Å²) in [5.41, 5.74) is 0.502. The Kier molecular flexibility index (Phi) is 3.36. The normalized spacial score (nSPS) is 14.6. The zero-order valence-corrected chi connectivity index (χ0v) is 9.83. The third-order valence-electron chi connectivity index (χ3n) is 2.94. The smallest absolute Gasteiger partial charge is 0.254 e. The maximum Gasteiger partial charge on any atom is 0.254 e. The molecular formula is C12H13N3O3. The van der Waals surface area contributed by atoms with E-state index in [1.807, 2.05) is 0 Å². The quantitative estimate of drug-likeness (QED) is 0.270. The predicted molar refractivity (Wildman–Crippen MR) is 67.4 cm³/mol. The highest BCUT2D eigenvalue weighted by Gasteiger charge is 2.21. The van der Waals surface area contributed by atoms with Crippen LogP contribution in [0.3, 0.4) is 0 Å². The van der Waals surface area contributed by atoms with Gasteiger partial charge in [-0.25, -0.2) is 0 Å². The molecule has 0 aromatic heterocycles. The number of rotatable bonds is 3. The summed E-state index contributed by atoms with van der Waals surface area (Å²) in [6, 6.07) is 4.11. The van der Waals surface area contributed by atoms with Crippen molar-refractivity contribution < 1.29 is 9.53 Å². The van der Waals surface area contributed by atoms with Crippen LogP contribution in [-0.2, 0) is 0 Å². The minimum atomic E-state index is -0.180. The summed E-state index contributed by atoms with van der Waals surface area (Å²) in [5, 5.41) is 13.9. The van der Waals surface area contributed by atoms with Gasteiger partial charge in [0.2, 0.25) is 5.69 Å². The molecular weight excluding hydrogens is 234 g/mol. The molecule has 1 fully saturated rings. The summed E-state index contributed by atoms with van der Waals surface area (Å²) in [6.45, 7) is 4.60. The first-order valence-electron chi connectivity index (χ1n) is 5.67. The molecule has 18 heavy (non-hydrogen) atoms. The summed E-state index contributed by atoms with van der Waals surface area (Å²) < 4.78 is 0.357. The fourth-order valence-corrected chi connectivity index (χ4v) is 2.02. The third-order valence-corrected chi connectivity index (χ3v) is 2.94. The van der Waals surface area contributed by atoms with Gasteiger partial charge in [0.25, 0.3) is 5.91 Å². The first kappa shape index (κ1) is 12.2. The van der Waals surface area contributed by atoms with E-state index in [0.717, 1.165) is 12.8 Å². The largest absolute Gasteiger partial charge is 0.619 e. The molecule has 2 rings (SSSR count). The van der Waals surface area contributed by atoms with Crippen molar-refractivity contribution >= 4 is 24.0 Å². The van der Waals surface area contributed by atoms with Crippen LogP contribution in [0, 0.1) is 10.1 Å². The average molecular weight is 247 g/mol. The van der Waals surface area contributed by atoms with Crippen molar-refractivity contribution in [2.45, 2.75) is 12.8 Å². The van der Waals surface area contributed by atoms with E-state index in [4.69, 9.17) is 0 Å². The molecule has 0 spiro atoms. The summed E-state index contributed by atoms with van der Waals surface area (Å²) in [7, 11) is 0. The maximum atomic E-state index is 12.1. The van der Waals surface area contributed by atoms with Crippen molar-refractivity contribution in [2.75, 3.05) is 13.1 Å². The van der Waals surface area contributed by atoms with Crippen molar-refractivity contribution in [2.24, 2.45) is 5.18 Å². The number of likely N-dealkylation sites (tertiary alicyclic amines) is 1. The lowest BCUT2D eigenvalue weighted by Crippen LogP contribution is -2.27. The van der Waals surface area contributed by atoms with Gasteiger partial charge in [0.05, 0.1) is 0 Å². The van der Waals surface area contributed by atoms with Gasteiger partial charge in [-0.05, 0) is 24.1 Å². The third kappa shape index (κ3) is 2.37.